The molecule has 0 aliphatic heterocycles. The van der Waals surface area contributed by atoms with E-state index in [-0.39, 0.29) is 11.6 Å². The Morgan fingerprint density at radius 1 is 1.10 bits per heavy atom. The summed E-state index contributed by atoms with van der Waals surface area (Å²) >= 11 is 0. The fourth-order valence-electron chi connectivity index (χ4n) is 2.44. The van der Waals surface area contributed by atoms with E-state index < -0.39 is 0 Å². The molecular formula is C18H22FNO. The van der Waals surface area contributed by atoms with Gasteiger partial charge in [0.15, 0.2) is 11.6 Å². The zero-order valence-electron chi connectivity index (χ0n) is 12.8. The van der Waals surface area contributed by atoms with Crippen LogP contribution >= 0.6 is 0 Å². The number of rotatable bonds is 6. The van der Waals surface area contributed by atoms with E-state index in [0.717, 1.165) is 12.2 Å². The van der Waals surface area contributed by atoms with E-state index in [1.54, 1.807) is 6.07 Å². The van der Waals surface area contributed by atoms with Crippen molar-refractivity contribution in [2.45, 2.75) is 19.8 Å². The number of hydrogen-bond donors (Lipinski definition) is 1. The van der Waals surface area contributed by atoms with Crippen molar-refractivity contribution in [2.75, 3.05) is 19.0 Å². The molecule has 0 fully saturated rings. The minimum atomic E-state index is -0.344. The lowest BCUT2D eigenvalue weighted by atomic mass is 9.88. The summed E-state index contributed by atoms with van der Waals surface area (Å²) in [7, 11) is 1.47. The average molecular weight is 287 g/mol. The third kappa shape index (κ3) is 3.97. The van der Waals surface area contributed by atoms with Gasteiger partial charge >= 0.3 is 0 Å². The second-order valence-corrected chi connectivity index (χ2v) is 5.49. The molecule has 2 aromatic rings. The molecule has 0 aromatic heterocycles. The predicted octanol–water partition coefficient (Wildman–Crippen LogP) is 4.69. The van der Waals surface area contributed by atoms with Gasteiger partial charge in [-0.05, 0) is 23.6 Å². The lowest BCUT2D eigenvalue weighted by Crippen LogP contribution is -2.17. The monoisotopic (exact) mass is 287 g/mol. The minimum absolute atomic E-state index is 0.268. The molecule has 0 aliphatic carbocycles. The quantitative estimate of drug-likeness (QED) is 0.832. The lowest BCUT2D eigenvalue weighted by Gasteiger charge is -2.22. The number of halogens is 1. The highest BCUT2D eigenvalue weighted by Crippen LogP contribution is 2.26. The van der Waals surface area contributed by atoms with Gasteiger partial charge in [-0.3, -0.25) is 0 Å². The molecule has 0 saturated heterocycles. The van der Waals surface area contributed by atoms with E-state index in [2.05, 4.69) is 43.4 Å². The maximum absolute atomic E-state index is 13.7. The van der Waals surface area contributed by atoms with E-state index in [9.17, 15) is 4.39 Å². The molecule has 3 heteroatoms. The third-order valence-corrected chi connectivity index (χ3v) is 3.71. The maximum Gasteiger partial charge on any atom is 0.167 e. The SMILES string of the molecule is COc1ccc(NCC(c2ccccc2)C(C)C)cc1F. The van der Waals surface area contributed by atoms with Crippen molar-refractivity contribution in [2.24, 2.45) is 5.92 Å². The van der Waals surface area contributed by atoms with E-state index in [0.29, 0.717) is 11.8 Å². The molecule has 2 rings (SSSR count). The molecular weight excluding hydrogens is 265 g/mol. The van der Waals surface area contributed by atoms with Crippen LogP contribution in [0.4, 0.5) is 10.1 Å². The standard InChI is InChI=1S/C18H22FNO/c1-13(2)16(14-7-5-4-6-8-14)12-20-15-9-10-18(21-3)17(19)11-15/h4-11,13,16,20H,12H2,1-3H3. The third-order valence-electron chi connectivity index (χ3n) is 3.71. The van der Waals surface area contributed by atoms with Gasteiger partial charge in [0.05, 0.1) is 7.11 Å². The van der Waals surface area contributed by atoms with E-state index >= 15 is 0 Å². The molecule has 0 saturated carbocycles. The van der Waals surface area contributed by atoms with Crippen LogP contribution in [0.1, 0.15) is 25.3 Å². The summed E-state index contributed by atoms with van der Waals surface area (Å²) < 4.78 is 18.6. The van der Waals surface area contributed by atoms with Gasteiger partial charge in [-0.15, -0.1) is 0 Å². The highest BCUT2D eigenvalue weighted by atomic mass is 19.1. The first-order valence-corrected chi connectivity index (χ1v) is 7.24. The normalized spacial score (nSPS) is 12.2. The van der Waals surface area contributed by atoms with Gasteiger partial charge in [0.25, 0.3) is 0 Å². The van der Waals surface area contributed by atoms with Crippen LogP contribution in [0.15, 0.2) is 48.5 Å². The van der Waals surface area contributed by atoms with E-state index in [4.69, 9.17) is 4.74 Å². The zero-order chi connectivity index (χ0) is 15.2. The summed E-state index contributed by atoms with van der Waals surface area (Å²) in [6.45, 7) is 5.18. The van der Waals surface area contributed by atoms with Crippen molar-refractivity contribution in [3.63, 3.8) is 0 Å². The Morgan fingerprint density at radius 3 is 2.38 bits per heavy atom. The van der Waals surface area contributed by atoms with Gasteiger partial charge in [-0.25, -0.2) is 4.39 Å². The highest BCUT2D eigenvalue weighted by Gasteiger charge is 2.15. The summed E-state index contributed by atoms with van der Waals surface area (Å²) in [5, 5.41) is 3.32. The topological polar surface area (TPSA) is 21.3 Å². The molecule has 0 amide bonds. The average Bonchev–Trinajstić information content (AvgIpc) is 2.48. The Morgan fingerprint density at radius 2 is 1.81 bits per heavy atom. The van der Waals surface area contributed by atoms with Crippen LogP contribution in [-0.2, 0) is 0 Å². The first-order chi connectivity index (χ1) is 10.1. The van der Waals surface area contributed by atoms with Crippen LogP contribution in [0, 0.1) is 11.7 Å². The molecule has 21 heavy (non-hydrogen) atoms. The molecule has 1 unspecified atom stereocenters. The fraction of sp³-hybridized carbons (Fsp3) is 0.333. The van der Waals surface area contributed by atoms with Crippen molar-refractivity contribution in [3.8, 4) is 5.75 Å². The van der Waals surface area contributed by atoms with Crippen LogP contribution in [0.5, 0.6) is 5.75 Å². The Bertz CT molecular complexity index is 569. The Hall–Kier alpha value is -2.03. The molecule has 0 heterocycles. The summed E-state index contributed by atoms with van der Waals surface area (Å²) in [4.78, 5) is 0. The van der Waals surface area contributed by atoms with E-state index in [1.807, 2.05) is 12.1 Å². The van der Waals surface area contributed by atoms with Gasteiger partial charge in [0.2, 0.25) is 0 Å². The van der Waals surface area contributed by atoms with Crippen LogP contribution < -0.4 is 10.1 Å². The fourth-order valence-corrected chi connectivity index (χ4v) is 2.44. The van der Waals surface area contributed by atoms with Crippen LogP contribution in [0.25, 0.3) is 0 Å². The summed E-state index contributed by atoms with van der Waals surface area (Å²) in [5.41, 5.74) is 2.07. The highest BCUT2D eigenvalue weighted by molar-refractivity contribution is 5.47. The summed E-state index contributed by atoms with van der Waals surface area (Å²) in [5.74, 6) is 0.812. The first kappa shape index (κ1) is 15.4. The zero-order valence-corrected chi connectivity index (χ0v) is 12.8. The predicted molar refractivity (Wildman–Crippen MR) is 85.5 cm³/mol. The second-order valence-electron chi connectivity index (χ2n) is 5.49. The number of nitrogens with one attached hydrogen (secondary N) is 1. The second kappa shape index (κ2) is 7.11. The molecule has 0 radical (unpaired) electrons. The smallest absolute Gasteiger partial charge is 0.167 e. The van der Waals surface area contributed by atoms with E-state index in [1.165, 1.54) is 18.7 Å². The lowest BCUT2D eigenvalue weighted by molar-refractivity contribution is 0.386. The minimum Gasteiger partial charge on any atom is -0.494 e. The number of anilines is 1. The number of benzene rings is 2. The Kier molecular flexibility index (Phi) is 5.20. The summed E-state index contributed by atoms with van der Waals surface area (Å²) in [6, 6.07) is 15.4. The Balaban J connectivity index is 2.07. The largest absolute Gasteiger partial charge is 0.494 e. The van der Waals surface area contributed by atoms with Gasteiger partial charge in [0, 0.05) is 24.2 Å². The number of ether oxygens (including phenoxy) is 1. The molecule has 0 spiro atoms. The Labute approximate surface area is 126 Å². The van der Waals surface area contributed by atoms with Gasteiger partial charge in [0.1, 0.15) is 0 Å². The van der Waals surface area contributed by atoms with Crippen LogP contribution in [0.2, 0.25) is 0 Å². The molecule has 1 N–H and O–H groups in total. The van der Waals surface area contributed by atoms with Gasteiger partial charge < -0.3 is 10.1 Å². The molecule has 2 nitrogen and oxygen atoms in total. The van der Waals surface area contributed by atoms with Crippen molar-refractivity contribution in [3.05, 3.63) is 59.9 Å². The van der Waals surface area contributed by atoms with Crippen molar-refractivity contribution >= 4 is 5.69 Å². The van der Waals surface area contributed by atoms with Crippen LogP contribution in [0.3, 0.4) is 0 Å². The molecule has 1 atom stereocenters. The van der Waals surface area contributed by atoms with Crippen molar-refractivity contribution in [1.82, 2.24) is 0 Å². The van der Waals surface area contributed by atoms with Gasteiger partial charge in [-0.2, -0.15) is 0 Å². The van der Waals surface area contributed by atoms with Crippen molar-refractivity contribution in [1.29, 1.82) is 0 Å². The van der Waals surface area contributed by atoms with Crippen LogP contribution in [-0.4, -0.2) is 13.7 Å². The number of methoxy groups -OCH3 is 1. The maximum atomic E-state index is 13.7. The number of hydrogen-bond acceptors (Lipinski definition) is 2. The van der Waals surface area contributed by atoms with Gasteiger partial charge in [-0.1, -0.05) is 44.2 Å². The molecule has 0 aliphatic rings. The molecule has 2 aromatic carbocycles. The van der Waals surface area contributed by atoms with Crippen molar-refractivity contribution < 1.29 is 9.13 Å². The first-order valence-electron chi connectivity index (χ1n) is 7.24. The summed E-state index contributed by atoms with van der Waals surface area (Å²) in [6.07, 6.45) is 0. The molecule has 112 valence electrons. The molecule has 0 bridgehead atoms.